The molecule has 6 heteroatoms. The highest BCUT2D eigenvalue weighted by atomic mass is 16.5. The molecule has 4 aromatic carbocycles. The summed E-state index contributed by atoms with van der Waals surface area (Å²) < 4.78 is 5.87. The zero-order chi connectivity index (χ0) is 26.9. The number of nitrogens with zero attached hydrogens (tertiary/aromatic N) is 2. The first-order valence-electron chi connectivity index (χ1n) is 13.8. The molecule has 0 unspecified atom stereocenters. The van der Waals surface area contributed by atoms with Crippen LogP contribution in [0.15, 0.2) is 90.0 Å². The summed E-state index contributed by atoms with van der Waals surface area (Å²) in [7, 11) is 0. The van der Waals surface area contributed by atoms with Crippen molar-refractivity contribution in [3.8, 4) is 17.0 Å². The molecular weight excluding hydrogens is 484 g/mol. The summed E-state index contributed by atoms with van der Waals surface area (Å²) in [5.41, 5.74) is 5.53. The Morgan fingerprint density at radius 3 is 2.26 bits per heavy atom. The van der Waals surface area contributed by atoms with E-state index in [0.717, 1.165) is 51.4 Å². The second-order valence-electron chi connectivity index (χ2n) is 9.74. The van der Waals surface area contributed by atoms with E-state index < -0.39 is 0 Å². The first-order valence-corrected chi connectivity index (χ1v) is 13.8. The molecule has 0 saturated carbocycles. The number of carbonyl (C=O) groups is 1. The quantitative estimate of drug-likeness (QED) is 0.0763. The van der Waals surface area contributed by atoms with Crippen LogP contribution in [0.5, 0.6) is 5.75 Å². The van der Waals surface area contributed by atoms with Gasteiger partial charge in [0, 0.05) is 11.1 Å². The number of hydrogen-bond donors (Lipinski definition) is 2. The Hall–Kier alpha value is -4.45. The number of unbranched alkanes of at least 4 members (excludes halogenated alkanes) is 5. The van der Waals surface area contributed by atoms with E-state index in [1.807, 2.05) is 48.5 Å². The number of benzene rings is 4. The fourth-order valence-electron chi connectivity index (χ4n) is 4.78. The van der Waals surface area contributed by atoms with E-state index >= 15 is 0 Å². The Bertz CT molecular complexity index is 1520. The van der Waals surface area contributed by atoms with Crippen molar-refractivity contribution < 1.29 is 9.53 Å². The molecule has 0 aliphatic carbocycles. The third-order valence-electron chi connectivity index (χ3n) is 6.91. The second kappa shape index (κ2) is 12.9. The van der Waals surface area contributed by atoms with Crippen molar-refractivity contribution in [3.05, 3.63) is 96.2 Å². The maximum absolute atomic E-state index is 12.8. The fraction of sp³-hybridized carbons (Fsp3) is 0.242. The van der Waals surface area contributed by atoms with E-state index in [1.165, 1.54) is 32.1 Å². The number of hydrogen-bond acceptors (Lipinski definition) is 4. The monoisotopic (exact) mass is 518 g/mol. The first-order chi connectivity index (χ1) is 19.2. The molecule has 0 spiro atoms. The lowest BCUT2D eigenvalue weighted by Crippen LogP contribution is -2.18. The van der Waals surface area contributed by atoms with E-state index in [4.69, 9.17) is 4.74 Å². The van der Waals surface area contributed by atoms with Gasteiger partial charge in [-0.1, -0.05) is 87.6 Å². The van der Waals surface area contributed by atoms with Crippen molar-refractivity contribution >= 4 is 33.7 Å². The third kappa shape index (κ3) is 6.52. The molecular formula is C33H34N4O2. The highest BCUT2D eigenvalue weighted by molar-refractivity contribution is 6.13. The van der Waals surface area contributed by atoms with Gasteiger partial charge in [-0.2, -0.15) is 10.2 Å². The van der Waals surface area contributed by atoms with E-state index in [-0.39, 0.29) is 5.91 Å². The van der Waals surface area contributed by atoms with Gasteiger partial charge in [-0.15, -0.1) is 0 Å². The molecule has 0 saturated heterocycles. The second-order valence-corrected chi connectivity index (χ2v) is 9.74. The molecule has 5 aromatic rings. The maximum Gasteiger partial charge on any atom is 0.289 e. The van der Waals surface area contributed by atoms with Gasteiger partial charge in [-0.05, 0) is 64.4 Å². The summed E-state index contributed by atoms with van der Waals surface area (Å²) in [6.07, 6.45) is 9.15. The molecule has 198 valence electrons. The van der Waals surface area contributed by atoms with Gasteiger partial charge >= 0.3 is 0 Å². The van der Waals surface area contributed by atoms with Crippen LogP contribution in [0, 0.1) is 0 Å². The van der Waals surface area contributed by atoms with Gasteiger partial charge in [-0.25, -0.2) is 5.43 Å². The smallest absolute Gasteiger partial charge is 0.289 e. The van der Waals surface area contributed by atoms with E-state index in [9.17, 15) is 4.79 Å². The van der Waals surface area contributed by atoms with Crippen molar-refractivity contribution in [2.45, 2.75) is 45.4 Å². The average molecular weight is 519 g/mol. The predicted molar refractivity (Wildman–Crippen MR) is 159 cm³/mol. The average Bonchev–Trinajstić information content (AvgIpc) is 3.47. The number of aromatic amines is 1. The van der Waals surface area contributed by atoms with Crippen LogP contribution in [0.4, 0.5) is 0 Å². The summed E-state index contributed by atoms with van der Waals surface area (Å²) >= 11 is 0. The molecule has 1 amide bonds. The van der Waals surface area contributed by atoms with E-state index in [1.54, 1.807) is 12.3 Å². The zero-order valence-electron chi connectivity index (χ0n) is 22.3. The van der Waals surface area contributed by atoms with Gasteiger partial charge in [0.2, 0.25) is 0 Å². The van der Waals surface area contributed by atoms with E-state index in [2.05, 4.69) is 58.0 Å². The van der Waals surface area contributed by atoms with Crippen LogP contribution < -0.4 is 10.2 Å². The minimum atomic E-state index is -0.353. The molecule has 0 fully saturated rings. The normalized spacial score (nSPS) is 11.4. The highest BCUT2D eigenvalue weighted by Crippen LogP contribution is 2.27. The van der Waals surface area contributed by atoms with Crippen molar-refractivity contribution in [1.29, 1.82) is 0 Å². The molecule has 0 bridgehead atoms. The van der Waals surface area contributed by atoms with Crippen LogP contribution in [-0.4, -0.2) is 28.9 Å². The van der Waals surface area contributed by atoms with Crippen molar-refractivity contribution in [2.24, 2.45) is 5.10 Å². The minimum absolute atomic E-state index is 0.341. The molecule has 0 aliphatic heterocycles. The van der Waals surface area contributed by atoms with Crippen molar-refractivity contribution in [2.75, 3.05) is 6.61 Å². The number of H-pyrrole nitrogens is 1. The molecule has 0 radical (unpaired) electrons. The number of nitrogens with one attached hydrogen (secondary N) is 2. The number of fused-ring (bicyclic) bond motifs is 2. The van der Waals surface area contributed by atoms with Crippen molar-refractivity contribution in [3.63, 3.8) is 0 Å². The number of amides is 1. The summed E-state index contributed by atoms with van der Waals surface area (Å²) in [6, 6.07) is 28.0. The molecule has 0 aliphatic rings. The molecule has 6 nitrogen and oxygen atoms in total. The van der Waals surface area contributed by atoms with Gasteiger partial charge in [0.1, 0.15) is 11.4 Å². The number of hydrazone groups is 1. The lowest BCUT2D eigenvalue weighted by molar-refractivity contribution is 0.0950. The Labute approximate surface area is 229 Å². The minimum Gasteiger partial charge on any atom is -0.494 e. The number of rotatable bonds is 12. The van der Waals surface area contributed by atoms with Gasteiger partial charge in [0.05, 0.1) is 18.5 Å². The van der Waals surface area contributed by atoms with Crippen LogP contribution in [0.3, 0.4) is 0 Å². The molecule has 39 heavy (non-hydrogen) atoms. The Morgan fingerprint density at radius 2 is 1.54 bits per heavy atom. The summed E-state index contributed by atoms with van der Waals surface area (Å²) in [5.74, 6) is 0.490. The van der Waals surface area contributed by atoms with Crippen molar-refractivity contribution in [1.82, 2.24) is 15.6 Å². The lowest BCUT2D eigenvalue weighted by Gasteiger charge is -2.07. The molecule has 0 atom stereocenters. The summed E-state index contributed by atoms with van der Waals surface area (Å²) in [4.78, 5) is 12.8. The van der Waals surface area contributed by atoms with E-state index in [0.29, 0.717) is 11.4 Å². The lowest BCUT2D eigenvalue weighted by atomic mass is 9.97. The molecule has 1 heterocycles. The van der Waals surface area contributed by atoms with Gasteiger partial charge < -0.3 is 4.74 Å². The number of ether oxygens (including phenoxy) is 1. The maximum atomic E-state index is 12.8. The standard InChI is InChI=1S/C33H34N4O2/c1-2-3-4-5-6-11-20-39-27-18-16-24(17-19-27)31-22-32(36-35-31)33(38)37-34-23-30-28-14-9-7-12-25(28)21-26-13-8-10-15-29(26)30/h7-10,12-19,21-23H,2-6,11,20H2,1H3,(H,35,36)(H,37,38)/b34-23-. The van der Waals surface area contributed by atoms with Crippen LogP contribution in [0.1, 0.15) is 61.5 Å². The Kier molecular flexibility index (Phi) is 8.64. The van der Waals surface area contributed by atoms with Crippen LogP contribution in [0.2, 0.25) is 0 Å². The Balaban J connectivity index is 1.19. The Morgan fingerprint density at radius 1 is 0.872 bits per heavy atom. The number of aromatic nitrogens is 2. The highest BCUT2D eigenvalue weighted by Gasteiger charge is 2.11. The SMILES string of the molecule is CCCCCCCCOc1ccc(-c2cc(C(=O)N/N=C\c3c4ccccc4cc4ccccc34)[nH]n2)cc1. The topological polar surface area (TPSA) is 79.4 Å². The van der Waals surface area contributed by atoms with Crippen LogP contribution >= 0.6 is 0 Å². The summed E-state index contributed by atoms with van der Waals surface area (Å²) in [5, 5.41) is 15.8. The first kappa shape index (κ1) is 26.2. The largest absolute Gasteiger partial charge is 0.494 e. The third-order valence-corrected chi connectivity index (χ3v) is 6.91. The molecule has 2 N–H and O–H groups in total. The predicted octanol–water partition coefficient (Wildman–Crippen LogP) is 7.89. The van der Waals surface area contributed by atoms with Gasteiger partial charge in [0.25, 0.3) is 5.91 Å². The molecule has 5 rings (SSSR count). The van der Waals surface area contributed by atoms with Crippen LogP contribution in [0.25, 0.3) is 32.8 Å². The molecule has 1 aromatic heterocycles. The van der Waals surface area contributed by atoms with Gasteiger partial charge in [0.15, 0.2) is 0 Å². The van der Waals surface area contributed by atoms with Gasteiger partial charge in [-0.3, -0.25) is 9.89 Å². The zero-order valence-corrected chi connectivity index (χ0v) is 22.3. The number of carbonyl (C=O) groups excluding carboxylic acids is 1. The van der Waals surface area contributed by atoms with Crippen LogP contribution in [-0.2, 0) is 0 Å². The fourth-order valence-corrected chi connectivity index (χ4v) is 4.78. The summed E-state index contributed by atoms with van der Waals surface area (Å²) in [6.45, 7) is 2.96.